The van der Waals surface area contributed by atoms with Crippen LogP contribution in [0.2, 0.25) is 0 Å². The Labute approximate surface area is 120 Å². The van der Waals surface area contributed by atoms with Crippen LogP contribution in [0, 0.1) is 0 Å². The summed E-state index contributed by atoms with van der Waals surface area (Å²) >= 11 is 0. The number of hydrogen-bond donors (Lipinski definition) is 2. The van der Waals surface area contributed by atoms with Crippen molar-refractivity contribution in [2.75, 3.05) is 11.9 Å². The number of rotatable bonds is 5. The van der Waals surface area contributed by atoms with Crippen LogP contribution in [-0.4, -0.2) is 27.2 Å². The Bertz CT molecular complexity index is 567. The summed E-state index contributed by atoms with van der Waals surface area (Å²) in [5.74, 6) is 0.889. The number of anilines is 1. The highest BCUT2D eigenvalue weighted by Crippen LogP contribution is 2.24. The average Bonchev–Trinajstić information content (AvgIpc) is 2.81. The first kappa shape index (κ1) is 14.8. The summed E-state index contributed by atoms with van der Waals surface area (Å²) in [6.07, 6.45) is 5.73. The van der Waals surface area contributed by atoms with Crippen LogP contribution in [0.15, 0.2) is 18.5 Å². The van der Waals surface area contributed by atoms with Crippen molar-refractivity contribution in [3.63, 3.8) is 0 Å². The molecule has 0 amide bonds. The zero-order valence-electron chi connectivity index (χ0n) is 12.8. The van der Waals surface area contributed by atoms with Crippen molar-refractivity contribution in [2.24, 2.45) is 5.73 Å². The monoisotopic (exact) mass is 275 g/mol. The summed E-state index contributed by atoms with van der Waals surface area (Å²) in [4.78, 5) is 4.45. The summed E-state index contributed by atoms with van der Waals surface area (Å²) in [5.41, 5.74) is 7.69. The largest absolute Gasteiger partial charge is 0.366 e. The Balaban J connectivity index is 2.27. The molecule has 2 aromatic heterocycles. The Morgan fingerprint density at radius 3 is 2.80 bits per heavy atom. The minimum Gasteiger partial charge on any atom is -0.366 e. The first-order valence-electron chi connectivity index (χ1n) is 7.23. The fourth-order valence-electron chi connectivity index (χ4n) is 2.13. The van der Waals surface area contributed by atoms with Gasteiger partial charge in [0.2, 0.25) is 0 Å². The Hall–Kier alpha value is -1.62. The highest BCUT2D eigenvalue weighted by Gasteiger charge is 2.19. The molecule has 5 heteroatoms. The van der Waals surface area contributed by atoms with Gasteiger partial charge in [-0.2, -0.15) is 5.10 Å². The molecule has 0 aliphatic heterocycles. The second kappa shape index (κ2) is 5.79. The average molecular weight is 275 g/mol. The lowest BCUT2D eigenvalue weighted by molar-refractivity contribution is 0.562. The van der Waals surface area contributed by atoms with Gasteiger partial charge in [0.25, 0.3) is 0 Å². The molecule has 20 heavy (non-hydrogen) atoms. The number of hydrogen-bond acceptors (Lipinski definition) is 4. The van der Waals surface area contributed by atoms with E-state index in [4.69, 9.17) is 5.73 Å². The second-order valence-corrected chi connectivity index (χ2v) is 6.36. The molecule has 2 rings (SSSR count). The molecule has 0 fully saturated rings. The topological polar surface area (TPSA) is 68.2 Å². The van der Waals surface area contributed by atoms with Crippen molar-refractivity contribution >= 4 is 11.3 Å². The fourth-order valence-corrected chi connectivity index (χ4v) is 2.13. The van der Waals surface area contributed by atoms with Gasteiger partial charge >= 0.3 is 0 Å². The van der Waals surface area contributed by atoms with E-state index < -0.39 is 0 Å². The van der Waals surface area contributed by atoms with Gasteiger partial charge in [0, 0.05) is 23.9 Å². The number of nitrogens with zero attached hydrogens (tertiary/aromatic N) is 3. The molecule has 1 atom stereocenters. The van der Waals surface area contributed by atoms with Gasteiger partial charge in [-0.25, -0.2) is 9.50 Å². The normalized spacial score (nSPS) is 13.7. The van der Waals surface area contributed by atoms with Crippen LogP contribution in [-0.2, 0) is 5.41 Å². The molecule has 3 N–H and O–H groups in total. The molecular weight excluding hydrogens is 250 g/mol. The zero-order chi connectivity index (χ0) is 14.8. The van der Waals surface area contributed by atoms with Crippen LogP contribution >= 0.6 is 0 Å². The molecule has 2 aromatic rings. The molecule has 0 saturated carbocycles. The summed E-state index contributed by atoms with van der Waals surface area (Å²) in [7, 11) is 0. The van der Waals surface area contributed by atoms with E-state index in [2.05, 4.69) is 49.2 Å². The molecular formula is C15H25N5. The SMILES string of the molecule is CC(CCCN)Nc1nccn2nc(C(C)(C)C)cc12. The third kappa shape index (κ3) is 3.28. The van der Waals surface area contributed by atoms with Crippen molar-refractivity contribution in [2.45, 2.75) is 52.0 Å². The van der Waals surface area contributed by atoms with Gasteiger partial charge in [0.1, 0.15) is 5.52 Å². The van der Waals surface area contributed by atoms with Crippen molar-refractivity contribution in [1.82, 2.24) is 14.6 Å². The van der Waals surface area contributed by atoms with E-state index in [1.165, 1.54) is 0 Å². The summed E-state index contributed by atoms with van der Waals surface area (Å²) < 4.78 is 1.89. The summed E-state index contributed by atoms with van der Waals surface area (Å²) in [6.45, 7) is 9.38. The summed E-state index contributed by atoms with van der Waals surface area (Å²) in [6, 6.07) is 2.47. The number of fused-ring (bicyclic) bond motifs is 1. The maximum Gasteiger partial charge on any atom is 0.152 e. The molecule has 1 unspecified atom stereocenters. The van der Waals surface area contributed by atoms with E-state index >= 15 is 0 Å². The van der Waals surface area contributed by atoms with Gasteiger partial charge < -0.3 is 11.1 Å². The minimum absolute atomic E-state index is 0.0362. The van der Waals surface area contributed by atoms with E-state index in [0.717, 1.165) is 36.4 Å². The molecule has 0 aromatic carbocycles. The van der Waals surface area contributed by atoms with Crippen LogP contribution in [0.4, 0.5) is 5.82 Å². The first-order valence-corrected chi connectivity index (χ1v) is 7.23. The standard InChI is InChI=1S/C15H25N5/c1-11(6-5-7-16)18-14-12-10-13(15(2,3)4)19-20(12)9-8-17-14/h8-11H,5-7,16H2,1-4H3,(H,17,18). The molecule has 0 spiro atoms. The first-order chi connectivity index (χ1) is 9.41. The maximum atomic E-state index is 5.55. The van der Waals surface area contributed by atoms with Crippen molar-refractivity contribution < 1.29 is 0 Å². The lowest BCUT2D eigenvalue weighted by Gasteiger charge is -2.14. The number of nitrogens with two attached hydrogens (primary N) is 1. The maximum absolute atomic E-state index is 5.55. The van der Waals surface area contributed by atoms with Crippen LogP contribution in [0.5, 0.6) is 0 Å². The quantitative estimate of drug-likeness (QED) is 0.880. The van der Waals surface area contributed by atoms with Crippen LogP contribution in [0.25, 0.3) is 5.52 Å². The van der Waals surface area contributed by atoms with Gasteiger partial charge in [-0.05, 0) is 32.4 Å². The Morgan fingerprint density at radius 2 is 2.15 bits per heavy atom. The predicted molar refractivity (Wildman–Crippen MR) is 83.1 cm³/mol. The third-order valence-corrected chi connectivity index (χ3v) is 3.38. The Morgan fingerprint density at radius 1 is 1.40 bits per heavy atom. The summed E-state index contributed by atoms with van der Waals surface area (Å²) in [5, 5.41) is 8.09. The molecule has 2 heterocycles. The molecule has 0 aliphatic carbocycles. The zero-order valence-corrected chi connectivity index (χ0v) is 12.8. The smallest absolute Gasteiger partial charge is 0.152 e. The van der Waals surface area contributed by atoms with E-state index in [-0.39, 0.29) is 5.41 Å². The molecule has 5 nitrogen and oxygen atoms in total. The molecule has 0 aliphatic rings. The highest BCUT2D eigenvalue weighted by molar-refractivity contribution is 5.68. The molecule has 0 saturated heterocycles. The van der Waals surface area contributed by atoms with E-state index in [1.54, 1.807) is 6.20 Å². The lowest BCUT2D eigenvalue weighted by Crippen LogP contribution is -2.18. The van der Waals surface area contributed by atoms with Crippen LogP contribution in [0.1, 0.15) is 46.2 Å². The van der Waals surface area contributed by atoms with Gasteiger partial charge in [0.05, 0.1) is 5.69 Å². The molecule has 0 bridgehead atoms. The second-order valence-electron chi connectivity index (χ2n) is 6.36. The van der Waals surface area contributed by atoms with E-state index in [1.807, 2.05) is 10.7 Å². The number of nitrogens with one attached hydrogen (secondary N) is 1. The van der Waals surface area contributed by atoms with Crippen molar-refractivity contribution in [3.8, 4) is 0 Å². The fraction of sp³-hybridized carbons (Fsp3) is 0.600. The van der Waals surface area contributed by atoms with Crippen LogP contribution in [0.3, 0.4) is 0 Å². The van der Waals surface area contributed by atoms with Gasteiger partial charge in [-0.3, -0.25) is 0 Å². The van der Waals surface area contributed by atoms with Gasteiger partial charge in [-0.15, -0.1) is 0 Å². The van der Waals surface area contributed by atoms with Crippen molar-refractivity contribution in [1.29, 1.82) is 0 Å². The predicted octanol–water partition coefficient (Wildman–Crippen LogP) is 2.57. The lowest BCUT2D eigenvalue weighted by atomic mass is 9.92. The highest BCUT2D eigenvalue weighted by atomic mass is 15.2. The Kier molecular flexibility index (Phi) is 4.28. The molecule has 0 radical (unpaired) electrons. The minimum atomic E-state index is 0.0362. The third-order valence-electron chi connectivity index (χ3n) is 3.38. The number of aromatic nitrogens is 3. The van der Waals surface area contributed by atoms with Crippen LogP contribution < -0.4 is 11.1 Å². The van der Waals surface area contributed by atoms with E-state index in [0.29, 0.717) is 6.04 Å². The van der Waals surface area contributed by atoms with Gasteiger partial charge in [0.15, 0.2) is 5.82 Å². The van der Waals surface area contributed by atoms with Crippen molar-refractivity contribution in [3.05, 3.63) is 24.2 Å². The molecule has 110 valence electrons. The van der Waals surface area contributed by atoms with E-state index in [9.17, 15) is 0 Å². The van der Waals surface area contributed by atoms with Gasteiger partial charge in [-0.1, -0.05) is 20.8 Å².